The summed E-state index contributed by atoms with van der Waals surface area (Å²) >= 11 is 11.4. The first-order valence-corrected chi connectivity index (χ1v) is 13.0. The number of thioether (sulfide) groups is 1. The van der Waals surface area contributed by atoms with E-state index in [-0.39, 0.29) is 41.8 Å². The molecule has 1 aliphatic carbocycles. The number of carboxylic acid groups (broad SMARTS) is 1. The zero-order chi connectivity index (χ0) is 25.6. The molecule has 2 aromatic carbocycles. The van der Waals surface area contributed by atoms with E-state index < -0.39 is 23.4 Å². The van der Waals surface area contributed by atoms with Crippen molar-refractivity contribution < 1.29 is 27.9 Å². The van der Waals surface area contributed by atoms with Gasteiger partial charge in [0.05, 0.1) is 12.5 Å². The summed E-state index contributed by atoms with van der Waals surface area (Å²) in [6, 6.07) is 15.5. The first-order chi connectivity index (χ1) is 16.5. The van der Waals surface area contributed by atoms with Gasteiger partial charge in [-0.25, -0.2) is 0 Å². The molecule has 0 bridgehead atoms. The van der Waals surface area contributed by atoms with Crippen LogP contribution in [-0.4, -0.2) is 39.2 Å². The molecule has 0 spiro atoms. The summed E-state index contributed by atoms with van der Waals surface area (Å²) in [6.45, 7) is 0. The molecule has 10 heteroatoms. The highest BCUT2D eigenvalue weighted by atomic mass is 35.5. The standard InChI is InChI=1S/C19H21ClF3NO3S.C6H5Cl/c20-14-6-3-11(4-7-14)15-8-5-13(9-17(25)26)18(27)24(15)16(12-1-2-12)10-28-19(21,22)23;7-6-4-2-1-3-5-6/h3-4,6-7,12-13,15-16H,1-2,5,8-10H2,(H,25,26);1-5H. The third-order valence-electron chi connectivity index (χ3n) is 6.08. The fourth-order valence-electron chi connectivity index (χ4n) is 4.31. The highest BCUT2D eigenvalue weighted by molar-refractivity contribution is 8.00. The van der Waals surface area contributed by atoms with E-state index >= 15 is 0 Å². The molecule has 0 aromatic heterocycles. The largest absolute Gasteiger partial charge is 0.481 e. The summed E-state index contributed by atoms with van der Waals surface area (Å²) in [7, 11) is 0. The Hall–Kier alpha value is -1.90. The third kappa shape index (κ3) is 8.62. The van der Waals surface area contributed by atoms with Crippen LogP contribution < -0.4 is 0 Å². The van der Waals surface area contributed by atoms with E-state index in [2.05, 4.69) is 0 Å². The molecule has 4 nitrogen and oxygen atoms in total. The summed E-state index contributed by atoms with van der Waals surface area (Å²) < 4.78 is 38.5. The van der Waals surface area contributed by atoms with Gasteiger partial charge in [-0.2, -0.15) is 13.2 Å². The average Bonchev–Trinajstić information content (AvgIpc) is 3.62. The first kappa shape index (κ1) is 27.7. The Morgan fingerprint density at radius 3 is 2.09 bits per heavy atom. The fraction of sp³-hybridized carbons (Fsp3) is 0.440. The van der Waals surface area contributed by atoms with Crippen LogP contribution >= 0.6 is 35.0 Å². The predicted octanol–water partition coefficient (Wildman–Crippen LogP) is 7.47. The van der Waals surface area contributed by atoms with Crippen molar-refractivity contribution >= 4 is 46.8 Å². The number of halogens is 5. The molecule has 3 atom stereocenters. The van der Waals surface area contributed by atoms with Gasteiger partial charge in [-0.05, 0) is 73.2 Å². The number of nitrogens with zero attached hydrogens (tertiary/aromatic N) is 1. The molecule has 3 unspecified atom stereocenters. The number of carbonyl (C=O) groups is 2. The number of aliphatic carboxylic acids is 1. The lowest BCUT2D eigenvalue weighted by Gasteiger charge is -2.44. The number of carboxylic acids is 1. The predicted molar refractivity (Wildman–Crippen MR) is 132 cm³/mol. The molecule has 1 heterocycles. The quantitative estimate of drug-likeness (QED) is 0.390. The minimum Gasteiger partial charge on any atom is -0.481 e. The van der Waals surface area contributed by atoms with Crippen molar-refractivity contribution in [1.82, 2.24) is 4.90 Å². The van der Waals surface area contributed by atoms with Crippen LogP contribution in [0, 0.1) is 11.8 Å². The molecule has 1 saturated heterocycles. The topological polar surface area (TPSA) is 57.6 Å². The second kappa shape index (κ2) is 12.4. The number of amides is 1. The average molecular weight is 548 g/mol. The number of hydrogen-bond donors (Lipinski definition) is 1. The summed E-state index contributed by atoms with van der Waals surface area (Å²) in [6.07, 6.45) is 2.18. The molecule has 2 fully saturated rings. The molecule has 0 radical (unpaired) electrons. The van der Waals surface area contributed by atoms with E-state index in [0.717, 1.165) is 23.4 Å². The van der Waals surface area contributed by atoms with Crippen LogP contribution in [0.3, 0.4) is 0 Å². The number of alkyl halides is 3. The highest BCUT2D eigenvalue weighted by Gasteiger charge is 2.46. The first-order valence-electron chi connectivity index (χ1n) is 11.3. The van der Waals surface area contributed by atoms with E-state index in [1.54, 1.807) is 29.2 Å². The monoisotopic (exact) mass is 547 g/mol. The lowest BCUT2D eigenvalue weighted by atomic mass is 9.85. The second-order valence-electron chi connectivity index (χ2n) is 8.64. The van der Waals surface area contributed by atoms with Crippen LogP contribution in [0.25, 0.3) is 0 Å². The zero-order valence-electron chi connectivity index (χ0n) is 18.8. The Labute approximate surface area is 216 Å². The Balaban J connectivity index is 0.000000420. The van der Waals surface area contributed by atoms with Crippen molar-refractivity contribution in [3.8, 4) is 0 Å². The van der Waals surface area contributed by atoms with Gasteiger partial charge in [0.1, 0.15) is 0 Å². The van der Waals surface area contributed by atoms with Crippen LogP contribution in [0.2, 0.25) is 10.0 Å². The maximum absolute atomic E-state index is 13.2. The van der Waals surface area contributed by atoms with Crippen molar-refractivity contribution in [1.29, 1.82) is 0 Å². The van der Waals surface area contributed by atoms with Crippen molar-refractivity contribution in [2.24, 2.45) is 11.8 Å². The molecule has 1 saturated carbocycles. The number of hydrogen-bond acceptors (Lipinski definition) is 3. The third-order valence-corrected chi connectivity index (χ3v) is 7.42. The molecular weight excluding hydrogens is 522 g/mol. The molecule has 1 N–H and O–H groups in total. The number of benzene rings is 2. The van der Waals surface area contributed by atoms with Gasteiger partial charge < -0.3 is 10.0 Å². The van der Waals surface area contributed by atoms with E-state index in [0.29, 0.717) is 17.9 Å². The van der Waals surface area contributed by atoms with Crippen molar-refractivity contribution in [2.75, 3.05) is 5.75 Å². The van der Waals surface area contributed by atoms with Crippen LogP contribution in [0.5, 0.6) is 0 Å². The maximum atomic E-state index is 13.2. The lowest BCUT2D eigenvalue weighted by molar-refractivity contribution is -0.151. The molecule has 1 amide bonds. The number of piperidine rings is 1. The van der Waals surface area contributed by atoms with Gasteiger partial charge in [0.25, 0.3) is 0 Å². The number of likely N-dealkylation sites (tertiary alicyclic amines) is 1. The smallest absolute Gasteiger partial charge is 0.441 e. The van der Waals surface area contributed by atoms with Gasteiger partial charge in [0.2, 0.25) is 5.91 Å². The van der Waals surface area contributed by atoms with E-state index in [1.165, 1.54) is 0 Å². The molecule has 35 heavy (non-hydrogen) atoms. The molecule has 2 aromatic rings. The van der Waals surface area contributed by atoms with Gasteiger partial charge in [0.15, 0.2) is 0 Å². The van der Waals surface area contributed by atoms with Gasteiger partial charge in [-0.1, -0.05) is 53.5 Å². The van der Waals surface area contributed by atoms with Crippen LogP contribution in [0.4, 0.5) is 13.2 Å². The van der Waals surface area contributed by atoms with E-state index in [1.807, 2.05) is 30.3 Å². The Morgan fingerprint density at radius 1 is 1.00 bits per heavy atom. The number of carbonyl (C=O) groups excluding carboxylic acids is 1. The molecule has 190 valence electrons. The summed E-state index contributed by atoms with van der Waals surface area (Å²) in [5, 5.41) is 10.4. The Bertz CT molecular complexity index is 988. The second-order valence-corrected chi connectivity index (χ2v) is 10.6. The molecule has 2 aliphatic rings. The van der Waals surface area contributed by atoms with Crippen molar-refractivity contribution in [3.63, 3.8) is 0 Å². The zero-order valence-corrected chi connectivity index (χ0v) is 21.1. The Kier molecular flexibility index (Phi) is 9.78. The SMILES string of the molecule is Clc1ccccc1.O=C(O)CC1CCC(c2ccc(Cl)cc2)N(C(CSC(F)(F)F)C2CC2)C1=O. The minimum atomic E-state index is -4.37. The minimum absolute atomic E-state index is 0.0252. The van der Waals surface area contributed by atoms with Gasteiger partial charge in [0, 0.05) is 27.8 Å². The maximum Gasteiger partial charge on any atom is 0.441 e. The van der Waals surface area contributed by atoms with Crippen LogP contribution in [-0.2, 0) is 9.59 Å². The summed E-state index contributed by atoms with van der Waals surface area (Å²) in [4.78, 5) is 25.9. The molecular formula is C25H26Cl2F3NO3S. The summed E-state index contributed by atoms with van der Waals surface area (Å²) in [5.74, 6) is -2.33. The van der Waals surface area contributed by atoms with Gasteiger partial charge >= 0.3 is 11.5 Å². The molecule has 4 rings (SSSR count). The van der Waals surface area contributed by atoms with E-state index in [9.17, 15) is 22.8 Å². The van der Waals surface area contributed by atoms with Crippen LogP contribution in [0.1, 0.15) is 43.7 Å². The lowest BCUT2D eigenvalue weighted by Crippen LogP contribution is -2.51. The fourth-order valence-corrected chi connectivity index (χ4v) is 5.38. The van der Waals surface area contributed by atoms with Crippen molar-refractivity contribution in [3.05, 3.63) is 70.2 Å². The van der Waals surface area contributed by atoms with E-state index in [4.69, 9.17) is 28.3 Å². The van der Waals surface area contributed by atoms with Gasteiger partial charge in [-0.3, -0.25) is 9.59 Å². The Morgan fingerprint density at radius 2 is 1.60 bits per heavy atom. The normalized spacial score (nSPS) is 21.2. The highest BCUT2D eigenvalue weighted by Crippen LogP contribution is 2.46. The summed E-state index contributed by atoms with van der Waals surface area (Å²) in [5.41, 5.74) is -3.56. The van der Waals surface area contributed by atoms with Crippen LogP contribution in [0.15, 0.2) is 54.6 Å². The van der Waals surface area contributed by atoms with Crippen molar-refractivity contribution in [2.45, 2.75) is 49.7 Å². The molecule has 1 aliphatic heterocycles. The van der Waals surface area contributed by atoms with Gasteiger partial charge in [-0.15, -0.1) is 0 Å². The number of rotatable bonds is 7.